The average Bonchev–Trinajstić information content (AvgIpc) is 2.16. The van der Waals surface area contributed by atoms with E-state index in [1.165, 1.54) is 6.07 Å². The van der Waals surface area contributed by atoms with Crippen molar-refractivity contribution in [3.05, 3.63) is 34.6 Å². The first kappa shape index (κ1) is 12.5. The Balaban J connectivity index is 2.65. The molecule has 0 spiro atoms. The van der Waals surface area contributed by atoms with Crippen LogP contribution in [0.5, 0.6) is 0 Å². The van der Waals surface area contributed by atoms with Gasteiger partial charge in [-0.3, -0.25) is 0 Å². The lowest BCUT2D eigenvalue weighted by atomic mass is 9.97. The molecule has 0 bridgehead atoms. The van der Waals surface area contributed by atoms with Crippen molar-refractivity contribution in [3.63, 3.8) is 0 Å². The van der Waals surface area contributed by atoms with Gasteiger partial charge in [0.2, 0.25) is 0 Å². The summed E-state index contributed by atoms with van der Waals surface area (Å²) in [6, 6.07) is 4.85. The first-order chi connectivity index (χ1) is 7.02. The summed E-state index contributed by atoms with van der Waals surface area (Å²) in [5, 5.41) is 0.492. The number of halogens is 2. The molecule has 2 N–H and O–H groups in total. The molecule has 1 unspecified atom stereocenters. The maximum Gasteiger partial charge on any atom is 0.127 e. The first-order valence-electron chi connectivity index (χ1n) is 5.21. The second-order valence-electron chi connectivity index (χ2n) is 4.15. The van der Waals surface area contributed by atoms with Crippen LogP contribution in [0.1, 0.15) is 25.8 Å². The van der Waals surface area contributed by atoms with Gasteiger partial charge in [0.25, 0.3) is 0 Å². The van der Waals surface area contributed by atoms with Crippen LogP contribution in [0, 0.1) is 11.7 Å². The van der Waals surface area contributed by atoms with Gasteiger partial charge in [-0.15, -0.1) is 0 Å². The van der Waals surface area contributed by atoms with E-state index in [0.717, 1.165) is 6.42 Å². The summed E-state index contributed by atoms with van der Waals surface area (Å²) in [6.07, 6.45) is 1.36. The summed E-state index contributed by atoms with van der Waals surface area (Å²) in [7, 11) is 0. The standard InChI is InChI=1S/C12H17ClFN/c1-8(2)12(15)7-6-9-10(13)4-3-5-11(9)14/h3-5,8,12H,6-7,15H2,1-2H3. The van der Waals surface area contributed by atoms with E-state index < -0.39 is 0 Å². The third kappa shape index (κ3) is 3.47. The minimum absolute atomic E-state index is 0.0978. The highest BCUT2D eigenvalue weighted by Crippen LogP contribution is 2.21. The highest BCUT2D eigenvalue weighted by molar-refractivity contribution is 6.31. The van der Waals surface area contributed by atoms with Gasteiger partial charge in [-0.05, 0) is 30.9 Å². The molecule has 1 nitrogen and oxygen atoms in total. The van der Waals surface area contributed by atoms with Crippen LogP contribution in [0.4, 0.5) is 4.39 Å². The predicted molar refractivity (Wildman–Crippen MR) is 62.5 cm³/mol. The van der Waals surface area contributed by atoms with E-state index in [1.807, 2.05) is 0 Å². The molecule has 0 aromatic heterocycles. The number of nitrogens with two attached hydrogens (primary N) is 1. The Labute approximate surface area is 95.4 Å². The van der Waals surface area contributed by atoms with Crippen molar-refractivity contribution in [2.45, 2.75) is 32.7 Å². The normalized spacial score (nSPS) is 13.2. The van der Waals surface area contributed by atoms with E-state index in [4.69, 9.17) is 17.3 Å². The third-order valence-electron chi connectivity index (χ3n) is 2.65. The van der Waals surface area contributed by atoms with Gasteiger partial charge in [-0.1, -0.05) is 31.5 Å². The zero-order valence-corrected chi connectivity index (χ0v) is 9.89. The van der Waals surface area contributed by atoms with E-state index in [2.05, 4.69) is 13.8 Å². The van der Waals surface area contributed by atoms with Crippen LogP contribution in [0.2, 0.25) is 5.02 Å². The van der Waals surface area contributed by atoms with Gasteiger partial charge in [-0.2, -0.15) is 0 Å². The van der Waals surface area contributed by atoms with Crippen molar-refractivity contribution >= 4 is 11.6 Å². The second kappa shape index (κ2) is 5.47. The lowest BCUT2D eigenvalue weighted by Crippen LogP contribution is -2.26. The number of hydrogen-bond acceptors (Lipinski definition) is 1. The molecule has 1 aromatic rings. The molecule has 0 fully saturated rings. The van der Waals surface area contributed by atoms with Gasteiger partial charge in [-0.25, -0.2) is 4.39 Å². The van der Waals surface area contributed by atoms with E-state index >= 15 is 0 Å². The Morgan fingerprint density at radius 2 is 2.07 bits per heavy atom. The largest absolute Gasteiger partial charge is 0.327 e. The van der Waals surface area contributed by atoms with Gasteiger partial charge in [0.05, 0.1) is 0 Å². The fraction of sp³-hybridized carbons (Fsp3) is 0.500. The number of rotatable bonds is 4. The van der Waals surface area contributed by atoms with E-state index in [9.17, 15) is 4.39 Å². The summed E-state index contributed by atoms with van der Waals surface area (Å²) in [6.45, 7) is 4.13. The van der Waals surface area contributed by atoms with E-state index in [-0.39, 0.29) is 11.9 Å². The first-order valence-corrected chi connectivity index (χ1v) is 5.58. The molecule has 15 heavy (non-hydrogen) atoms. The van der Waals surface area contributed by atoms with Crippen LogP contribution in [0.25, 0.3) is 0 Å². The van der Waals surface area contributed by atoms with Crippen LogP contribution in [0.15, 0.2) is 18.2 Å². The van der Waals surface area contributed by atoms with Gasteiger partial charge in [0.1, 0.15) is 5.82 Å². The fourth-order valence-corrected chi connectivity index (χ4v) is 1.67. The molecule has 0 radical (unpaired) electrons. The predicted octanol–water partition coefficient (Wildman–Crippen LogP) is 3.40. The Hall–Kier alpha value is -0.600. The second-order valence-corrected chi connectivity index (χ2v) is 4.55. The van der Waals surface area contributed by atoms with Crippen molar-refractivity contribution in [1.82, 2.24) is 0 Å². The molecular formula is C12H17ClFN. The minimum Gasteiger partial charge on any atom is -0.327 e. The quantitative estimate of drug-likeness (QED) is 0.842. The Kier molecular flexibility index (Phi) is 4.55. The molecular weight excluding hydrogens is 213 g/mol. The summed E-state index contributed by atoms with van der Waals surface area (Å²) in [5.41, 5.74) is 6.48. The molecule has 1 atom stereocenters. The molecule has 0 heterocycles. The SMILES string of the molecule is CC(C)C(N)CCc1c(F)cccc1Cl. The topological polar surface area (TPSA) is 26.0 Å². The molecule has 0 saturated heterocycles. The van der Waals surface area contributed by atoms with Gasteiger partial charge in [0, 0.05) is 16.6 Å². The zero-order valence-electron chi connectivity index (χ0n) is 9.13. The highest BCUT2D eigenvalue weighted by Gasteiger charge is 2.11. The van der Waals surface area contributed by atoms with Crippen molar-refractivity contribution in [2.24, 2.45) is 11.7 Å². The maximum atomic E-state index is 13.4. The third-order valence-corrected chi connectivity index (χ3v) is 3.00. The molecule has 0 aliphatic heterocycles. The van der Waals surface area contributed by atoms with E-state index in [1.54, 1.807) is 12.1 Å². The molecule has 1 rings (SSSR count). The Bertz CT molecular complexity index is 305. The maximum absolute atomic E-state index is 13.4. The van der Waals surface area contributed by atoms with Crippen molar-refractivity contribution in [2.75, 3.05) is 0 Å². The number of hydrogen-bond donors (Lipinski definition) is 1. The number of benzene rings is 1. The van der Waals surface area contributed by atoms with Crippen molar-refractivity contribution in [3.8, 4) is 0 Å². The Morgan fingerprint density at radius 1 is 1.40 bits per heavy atom. The van der Waals surface area contributed by atoms with Crippen molar-refractivity contribution in [1.29, 1.82) is 0 Å². The average molecular weight is 230 g/mol. The van der Waals surface area contributed by atoms with Gasteiger partial charge < -0.3 is 5.73 Å². The monoisotopic (exact) mass is 229 g/mol. The lowest BCUT2D eigenvalue weighted by molar-refractivity contribution is 0.460. The summed E-state index contributed by atoms with van der Waals surface area (Å²) in [5.74, 6) is 0.175. The van der Waals surface area contributed by atoms with Crippen LogP contribution < -0.4 is 5.73 Å². The minimum atomic E-state index is -0.238. The zero-order chi connectivity index (χ0) is 11.4. The van der Waals surface area contributed by atoms with Crippen LogP contribution in [0.3, 0.4) is 0 Å². The summed E-state index contributed by atoms with van der Waals surface area (Å²) >= 11 is 5.91. The molecule has 0 aliphatic carbocycles. The molecule has 0 aliphatic rings. The van der Waals surface area contributed by atoms with Gasteiger partial charge in [0.15, 0.2) is 0 Å². The van der Waals surface area contributed by atoms with E-state index in [0.29, 0.717) is 22.9 Å². The van der Waals surface area contributed by atoms with Crippen LogP contribution >= 0.6 is 11.6 Å². The highest BCUT2D eigenvalue weighted by atomic mass is 35.5. The van der Waals surface area contributed by atoms with Gasteiger partial charge >= 0.3 is 0 Å². The lowest BCUT2D eigenvalue weighted by Gasteiger charge is -2.15. The molecule has 0 amide bonds. The molecule has 0 saturated carbocycles. The molecule has 1 aromatic carbocycles. The van der Waals surface area contributed by atoms with Crippen LogP contribution in [-0.4, -0.2) is 6.04 Å². The Morgan fingerprint density at radius 3 is 2.60 bits per heavy atom. The summed E-state index contributed by atoms with van der Waals surface area (Å²) < 4.78 is 13.4. The fourth-order valence-electron chi connectivity index (χ4n) is 1.42. The smallest absolute Gasteiger partial charge is 0.127 e. The molecule has 3 heteroatoms. The van der Waals surface area contributed by atoms with Crippen molar-refractivity contribution < 1.29 is 4.39 Å². The summed E-state index contributed by atoms with van der Waals surface area (Å²) in [4.78, 5) is 0. The van der Waals surface area contributed by atoms with Crippen LogP contribution in [-0.2, 0) is 6.42 Å². The molecule has 84 valence electrons.